The Labute approximate surface area is 178 Å². The van der Waals surface area contributed by atoms with E-state index in [4.69, 9.17) is 0 Å². The molecular weight excluding hydrogens is 400 g/mol. The van der Waals surface area contributed by atoms with Crippen molar-refractivity contribution in [2.24, 2.45) is 5.92 Å². The highest BCUT2D eigenvalue weighted by Crippen LogP contribution is 2.23. The maximum absolute atomic E-state index is 12.5. The van der Waals surface area contributed by atoms with Crippen LogP contribution in [0.3, 0.4) is 0 Å². The van der Waals surface area contributed by atoms with E-state index in [1.165, 1.54) is 35.5 Å². The van der Waals surface area contributed by atoms with Gasteiger partial charge in [-0.1, -0.05) is 26.0 Å². The van der Waals surface area contributed by atoms with Gasteiger partial charge in [-0.2, -0.15) is 5.10 Å². The van der Waals surface area contributed by atoms with Crippen molar-refractivity contribution < 1.29 is 14.5 Å². The van der Waals surface area contributed by atoms with Gasteiger partial charge in [-0.25, -0.2) is 9.67 Å². The van der Waals surface area contributed by atoms with Crippen molar-refractivity contribution >= 4 is 23.2 Å². The summed E-state index contributed by atoms with van der Waals surface area (Å²) in [6.45, 7) is 4.00. The number of carbonyl (C=O) groups is 2. The first-order chi connectivity index (χ1) is 14.9. The van der Waals surface area contributed by atoms with Crippen LogP contribution in [-0.2, 0) is 11.3 Å². The highest BCUT2D eigenvalue weighted by Gasteiger charge is 2.19. The lowest BCUT2D eigenvalue weighted by Gasteiger charge is -2.12. The second kappa shape index (κ2) is 9.61. The molecule has 0 aliphatic heterocycles. The summed E-state index contributed by atoms with van der Waals surface area (Å²) in [6, 6.07) is 11.3. The average Bonchev–Trinajstić information content (AvgIpc) is 3.31. The predicted octanol–water partition coefficient (Wildman–Crippen LogP) is 3.09. The molecule has 0 aliphatic carbocycles. The van der Waals surface area contributed by atoms with Gasteiger partial charge in [0.2, 0.25) is 5.91 Å². The zero-order chi connectivity index (χ0) is 22.4. The first kappa shape index (κ1) is 21.6. The normalized spacial score (nSPS) is 11.5. The van der Waals surface area contributed by atoms with Crippen molar-refractivity contribution in [3.63, 3.8) is 0 Å². The Balaban J connectivity index is 1.70. The molecule has 1 unspecified atom stereocenters. The maximum Gasteiger partial charge on any atom is 0.295 e. The monoisotopic (exact) mass is 422 g/mol. The zero-order valence-corrected chi connectivity index (χ0v) is 17.1. The molecule has 0 fully saturated rings. The minimum absolute atomic E-state index is 0.0662. The summed E-state index contributed by atoms with van der Waals surface area (Å²) in [6.07, 6.45) is 3.35. The molecule has 10 nitrogen and oxygen atoms in total. The molecule has 1 heterocycles. The van der Waals surface area contributed by atoms with Crippen LogP contribution in [0, 0.1) is 16.0 Å². The van der Waals surface area contributed by atoms with Gasteiger partial charge in [0.05, 0.1) is 4.92 Å². The van der Waals surface area contributed by atoms with Crippen molar-refractivity contribution in [3.8, 4) is 5.69 Å². The number of nitro groups is 1. The predicted molar refractivity (Wildman–Crippen MR) is 114 cm³/mol. The number of hydrogen-bond donors (Lipinski definition) is 2. The second-order valence-electron chi connectivity index (χ2n) is 6.98. The Morgan fingerprint density at radius 2 is 2.03 bits per heavy atom. The molecule has 0 saturated heterocycles. The standard InChI is InChI=1S/C21H22N6O4/c1-3-14(2)20(28)25-17-6-4-5-15(9-17)11-23-21(29)16-7-8-18(19(10-16)27(30)31)26-13-22-12-24-26/h4-10,12-14H,3,11H2,1-2H3,(H,23,29)(H,25,28). The number of rotatable bonds is 8. The van der Waals surface area contributed by atoms with Gasteiger partial charge >= 0.3 is 0 Å². The topological polar surface area (TPSA) is 132 Å². The Kier molecular flexibility index (Phi) is 6.71. The molecule has 1 aromatic heterocycles. The van der Waals surface area contributed by atoms with Crippen molar-refractivity contribution in [2.75, 3.05) is 5.32 Å². The molecular formula is C21H22N6O4. The highest BCUT2D eigenvalue weighted by molar-refractivity contribution is 5.95. The van der Waals surface area contributed by atoms with Crippen molar-refractivity contribution in [3.05, 3.63) is 76.4 Å². The lowest BCUT2D eigenvalue weighted by atomic mass is 10.1. The number of nitrogens with zero attached hydrogens (tertiary/aromatic N) is 4. The van der Waals surface area contributed by atoms with Crippen LogP contribution in [0.2, 0.25) is 0 Å². The zero-order valence-electron chi connectivity index (χ0n) is 17.1. The quantitative estimate of drug-likeness (QED) is 0.423. The molecule has 160 valence electrons. The van der Waals surface area contributed by atoms with E-state index in [-0.39, 0.29) is 35.3 Å². The molecule has 3 rings (SSSR count). The molecule has 0 spiro atoms. The smallest absolute Gasteiger partial charge is 0.295 e. The lowest BCUT2D eigenvalue weighted by molar-refractivity contribution is -0.384. The molecule has 10 heteroatoms. The lowest BCUT2D eigenvalue weighted by Crippen LogP contribution is -2.23. The van der Waals surface area contributed by atoms with Crippen molar-refractivity contribution in [1.82, 2.24) is 20.1 Å². The van der Waals surface area contributed by atoms with Gasteiger partial charge in [-0.15, -0.1) is 0 Å². The Bertz CT molecular complexity index is 1100. The average molecular weight is 422 g/mol. The van der Waals surface area contributed by atoms with E-state index < -0.39 is 10.8 Å². The number of hydrogen-bond acceptors (Lipinski definition) is 6. The van der Waals surface area contributed by atoms with Crippen LogP contribution in [0.5, 0.6) is 0 Å². The Hall–Kier alpha value is -4.08. The third-order valence-electron chi connectivity index (χ3n) is 4.81. The van der Waals surface area contributed by atoms with E-state index in [0.29, 0.717) is 5.69 Å². The fourth-order valence-electron chi connectivity index (χ4n) is 2.83. The molecule has 0 saturated carbocycles. The molecule has 1 atom stereocenters. The summed E-state index contributed by atoms with van der Waals surface area (Å²) in [4.78, 5) is 39.3. The van der Waals surface area contributed by atoms with Gasteiger partial charge in [0, 0.05) is 29.8 Å². The van der Waals surface area contributed by atoms with Gasteiger partial charge in [0.1, 0.15) is 18.3 Å². The van der Waals surface area contributed by atoms with Gasteiger partial charge in [-0.3, -0.25) is 19.7 Å². The van der Waals surface area contributed by atoms with Gasteiger partial charge in [0.25, 0.3) is 11.6 Å². The van der Waals surface area contributed by atoms with E-state index in [0.717, 1.165) is 12.0 Å². The fourth-order valence-corrected chi connectivity index (χ4v) is 2.83. The van der Waals surface area contributed by atoms with Crippen LogP contribution in [0.25, 0.3) is 5.69 Å². The molecule has 0 radical (unpaired) electrons. The minimum Gasteiger partial charge on any atom is -0.348 e. The van der Waals surface area contributed by atoms with Gasteiger partial charge < -0.3 is 10.6 Å². The molecule has 3 aromatic rings. The number of carbonyl (C=O) groups excluding carboxylic acids is 2. The highest BCUT2D eigenvalue weighted by atomic mass is 16.6. The summed E-state index contributed by atoms with van der Waals surface area (Å²) >= 11 is 0. The first-order valence-corrected chi connectivity index (χ1v) is 9.70. The summed E-state index contributed by atoms with van der Waals surface area (Å²) in [5.41, 5.74) is 1.53. The third kappa shape index (κ3) is 5.30. The number of nitrogens with one attached hydrogen (secondary N) is 2. The number of nitro benzene ring substituents is 1. The van der Waals surface area contributed by atoms with E-state index in [2.05, 4.69) is 20.7 Å². The van der Waals surface area contributed by atoms with Crippen molar-refractivity contribution in [2.45, 2.75) is 26.8 Å². The first-order valence-electron chi connectivity index (χ1n) is 9.70. The maximum atomic E-state index is 12.5. The van der Waals surface area contributed by atoms with Gasteiger partial charge in [0.15, 0.2) is 0 Å². The molecule has 0 aliphatic rings. The van der Waals surface area contributed by atoms with Crippen LogP contribution in [0.15, 0.2) is 55.1 Å². The number of anilines is 1. The molecule has 2 aromatic carbocycles. The van der Waals surface area contributed by atoms with Crippen LogP contribution < -0.4 is 10.6 Å². The molecule has 2 N–H and O–H groups in total. The van der Waals surface area contributed by atoms with Crippen LogP contribution in [-0.4, -0.2) is 31.5 Å². The molecule has 2 amide bonds. The van der Waals surface area contributed by atoms with Crippen molar-refractivity contribution in [1.29, 1.82) is 0 Å². The van der Waals surface area contributed by atoms with E-state index >= 15 is 0 Å². The molecule has 0 bridgehead atoms. The number of aromatic nitrogens is 3. The van der Waals surface area contributed by atoms with Crippen LogP contribution >= 0.6 is 0 Å². The summed E-state index contributed by atoms with van der Waals surface area (Å²) in [7, 11) is 0. The summed E-state index contributed by atoms with van der Waals surface area (Å²) in [5.74, 6) is -0.620. The Morgan fingerprint density at radius 1 is 1.23 bits per heavy atom. The second-order valence-corrected chi connectivity index (χ2v) is 6.98. The number of benzene rings is 2. The van der Waals surface area contributed by atoms with E-state index in [9.17, 15) is 19.7 Å². The third-order valence-corrected chi connectivity index (χ3v) is 4.81. The molecule has 31 heavy (non-hydrogen) atoms. The van der Waals surface area contributed by atoms with Crippen LogP contribution in [0.1, 0.15) is 36.2 Å². The largest absolute Gasteiger partial charge is 0.348 e. The summed E-state index contributed by atoms with van der Waals surface area (Å²) < 4.78 is 1.26. The summed E-state index contributed by atoms with van der Waals surface area (Å²) in [5, 5.41) is 20.9. The van der Waals surface area contributed by atoms with E-state index in [1.54, 1.807) is 18.2 Å². The fraction of sp³-hybridized carbons (Fsp3) is 0.238. The van der Waals surface area contributed by atoms with E-state index in [1.807, 2.05) is 19.9 Å². The van der Waals surface area contributed by atoms with Crippen LogP contribution in [0.4, 0.5) is 11.4 Å². The Morgan fingerprint density at radius 3 is 2.71 bits per heavy atom. The number of amides is 2. The van der Waals surface area contributed by atoms with Gasteiger partial charge in [-0.05, 0) is 36.2 Å². The minimum atomic E-state index is -0.572. The SMILES string of the molecule is CCC(C)C(=O)Nc1cccc(CNC(=O)c2ccc(-n3cncn3)c([N+](=O)[O-])c2)c1.